The van der Waals surface area contributed by atoms with Crippen LogP contribution in [0.25, 0.3) is 0 Å². The van der Waals surface area contributed by atoms with Crippen LogP contribution in [0.2, 0.25) is 0 Å². The van der Waals surface area contributed by atoms with E-state index in [1.165, 1.54) is 20.8 Å². The second kappa shape index (κ2) is 7.70. The molecule has 182 valence electrons. The van der Waals surface area contributed by atoms with Crippen molar-refractivity contribution in [3.63, 3.8) is 0 Å². The van der Waals surface area contributed by atoms with Crippen molar-refractivity contribution in [1.82, 2.24) is 4.72 Å². The molecule has 0 aromatic heterocycles. The van der Waals surface area contributed by atoms with Gasteiger partial charge in [0.2, 0.25) is 10.0 Å². The van der Waals surface area contributed by atoms with Crippen molar-refractivity contribution in [2.24, 2.45) is 16.7 Å². The number of ketones is 1. The maximum atomic E-state index is 15.8. The first-order chi connectivity index (χ1) is 13.8. The lowest BCUT2D eigenvalue weighted by atomic mass is 9.70. The summed E-state index contributed by atoms with van der Waals surface area (Å²) in [6.07, 6.45) is -0.284. The van der Waals surface area contributed by atoms with Crippen LogP contribution in [-0.4, -0.2) is 49.1 Å². The largest absolute Gasteiger partial charge is 0.299 e. The monoisotopic (exact) mass is 487 g/mol. The van der Waals surface area contributed by atoms with Gasteiger partial charge in [0.25, 0.3) is 16.0 Å². The minimum atomic E-state index is -5.23. The Kier molecular flexibility index (Phi) is 6.61. The maximum absolute atomic E-state index is 15.8. The highest BCUT2D eigenvalue weighted by Crippen LogP contribution is 2.64. The first-order valence-corrected chi connectivity index (χ1v) is 13.8. The standard InChI is InChI=1S/C20H35F2NO6S2/c1-7-17(6,20(21,22)19(8-2,9-3)31(27,28)29)23-30(25,26)13-18-11-10-14(12-15(18)24)16(18,4)5/h14,23H,7-13H2,1-6H3,(H,27,28,29). The first-order valence-electron chi connectivity index (χ1n) is 10.7. The van der Waals surface area contributed by atoms with Gasteiger partial charge >= 0.3 is 0 Å². The van der Waals surface area contributed by atoms with E-state index < -0.39 is 72.2 Å². The Morgan fingerprint density at radius 3 is 1.94 bits per heavy atom. The number of carbonyl (C=O) groups is 1. The molecule has 0 aromatic rings. The van der Waals surface area contributed by atoms with Gasteiger partial charge in [-0.2, -0.15) is 8.42 Å². The zero-order valence-electron chi connectivity index (χ0n) is 19.1. The fourth-order valence-electron chi connectivity index (χ4n) is 5.89. The number of sulfonamides is 1. The molecule has 0 amide bonds. The molecule has 0 aromatic carbocycles. The van der Waals surface area contributed by atoms with Crippen LogP contribution in [0.1, 0.15) is 80.1 Å². The van der Waals surface area contributed by atoms with E-state index in [1.807, 2.05) is 13.8 Å². The van der Waals surface area contributed by atoms with Gasteiger partial charge in [-0.1, -0.05) is 34.6 Å². The molecule has 2 rings (SSSR count). The van der Waals surface area contributed by atoms with Crippen molar-refractivity contribution in [1.29, 1.82) is 0 Å². The molecule has 2 aliphatic rings. The van der Waals surface area contributed by atoms with Crippen molar-refractivity contribution in [3.05, 3.63) is 0 Å². The van der Waals surface area contributed by atoms with E-state index in [4.69, 9.17) is 0 Å². The zero-order valence-corrected chi connectivity index (χ0v) is 20.7. The van der Waals surface area contributed by atoms with Gasteiger partial charge in [0, 0.05) is 11.8 Å². The minimum Gasteiger partial charge on any atom is -0.299 e. The molecule has 2 bridgehead atoms. The summed E-state index contributed by atoms with van der Waals surface area (Å²) in [5, 5.41) is 0. The molecule has 31 heavy (non-hydrogen) atoms. The highest BCUT2D eigenvalue weighted by atomic mass is 32.2. The fraction of sp³-hybridized carbons (Fsp3) is 0.950. The number of Topliss-reactive ketones (excluding diaryl/α,β-unsaturated/α-hetero) is 1. The molecule has 2 saturated carbocycles. The molecule has 0 aliphatic heterocycles. The number of alkyl halides is 2. The van der Waals surface area contributed by atoms with Crippen molar-refractivity contribution in [3.8, 4) is 0 Å². The van der Waals surface area contributed by atoms with E-state index in [2.05, 4.69) is 4.72 Å². The Balaban J connectivity index is 2.49. The van der Waals surface area contributed by atoms with E-state index in [1.54, 1.807) is 0 Å². The van der Waals surface area contributed by atoms with Crippen LogP contribution in [0.4, 0.5) is 8.78 Å². The third-order valence-corrected chi connectivity index (χ3v) is 12.0. The van der Waals surface area contributed by atoms with Gasteiger partial charge in [-0.3, -0.25) is 9.35 Å². The normalized spacial score (nSPS) is 28.7. The number of hydrogen-bond donors (Lipinski definition) is 2. The maximum Gasteiger partial charge on any atom is 0.288 e. The lowest BCUT2D eigenvalue weighted by Gasteiger charge is -2.47. The Hall–Kier alpha value is -0.650. The summed E-state index contributed by atoms with van der Waals surface area (Å²) in [6.45, 7) is 8.39. The summed E-state index contributed by atoms with van der Waals surface area (Å²) < 4.78 is 91.0. The molecule has 11 heteroatoms. The summed E-state index contributed by atoms with van der Waals surface area (Å²) in [6, 6.07) is 0. The van der Waals surface area contributed by atoms with Gasteiger partial charge < -0.3 is 0 Å². The van der Waals surface area contributed by atoms with Crippen molar-refractivity contribution in [2.75, 3.05) is 5.75 Å². The predicted molar refractivity (Wildman–Crippen MR) is 114 cm³/mol. The average Bonchev–Trinajstić information content (AvgIpc) is 2.94. The van der Waals surface area contributed by atoms with E-state index >= 15 is 8.78 Å². The van der Waals surface area contributed by atoms with Crippen LogP contribution >= 0.6 is 0 Å². The van der Waals surface area contributed by atoms with E-state index in [0.717, 1.165) is 6.92 Å². The third-order valence-electron chi connectivity index (χ3n) is 8.56. The molecular formula is C20H35F2NO6S2. The van der Waals surface area contributed by atoms with Gasteiger partial charge in [-0.05, 0) is 50.4 Å². The Labute approximate surface area is 184 Å². The number of nitrogens with one attached hydrogen (secondary N) is 1. The van der Waals surface area contributed by atoms with Crippen LogP contribution in [0.3, 0.4) is 0 Å². The minimum absolute atomic E-state index is 0.0570. The summed E-state index contributed by atoms with van der Waals surface area (Å²) >= 11 is 0. The number of hydrogen-bond acceptors (Lipinski definition) is 5. The van der Waals surface area contributed by atoms with Gasteiger partial charge in [0.1, 0.15) is 5.78 Å². The quantitative estimate of drug-likeness (QED) is 0.455. The van der Waals surface area contributed by atoms with Crippen molar-refractivity contribution in [2.45, 2.75) is 96.3 Å². The Morgan fingerprint density at radius 1 is 1.10 bits per heavy atom. The Morgan fingerprint density at radius 2 is 1.61 bits per heavy atom. The van der Waals surface area contributed by atoms with Crippen LogP contribution < -0.4 is 4.72 Å². The lowest BCUT2D eigenvalue weighted by molar-refractivity contribution is -0.128. The van der Waals surface area contributed by atoms with Gasteiger partial charge in [0.15, 0.2) is 4.75 Å². The van der Waals surface area contributed by atoms with Gasteiger partial charge in [-0.15, -0.1) is 0 Å². The molecule has 3 atom stereocenters. The average molecular weight is 488 g/mol. The highest BCUT2D eigenvalue weighted by Gasteiger charge is 2.70. The molecular weight excluding hydrogens is 452 g/mol. The first kappa shape index (κ1) is 26.6. The number of halogens is 2. The Bertz CT molecular complexity index is 943. The zero-order chi connectivity index (χ0) is 24.3. The van der Waals surface area contributed by atoms with Crippen molar-refractivity contribution >= 4 is 25.9 Å². The third kappa shape index (κ3) is 3.58. The van der Waals surface area contributed by atoms with Gasteiger partial charge in [0.05, 0.1) is 11.3 Å². The molecule has 0 spiro atoms. The molecule has 0 radical (unpaired) electrons. The molecule has 0 saturated heterocycles. The SMILES string of the molecule is CCC(C)(NS(=O)(=O)CC12CCC(CC1=O)C2(C)C)C(F)(F)C(CC)(CC)S(=O)(=O)O. The van der Waals surface area contributed by atoms with Crippen LogP contribution in [0.15, 0.2) is 0 Å². The summed E-state index contributed by atoms with van der Waals surface area (Å²) in [7, 11) is -9.65. The fourth-order valence-corrected chi connectivity index (χ4v) is 9.53. The topological polar surface area (TPSA) is 118 Å². The second-order valence-corrected chi connectivity index (χ2v) is 13.4. The molecule has 0 heterocycles. The van der Waals surface area contributed by atoms with Crippen LogP contribution in [0, 0.1) is 16.7 Å². The smallest absolute Gasteiger partial charge is 0.288 e. The summed E-state index contributed by atoms with van der Waals surface area (Å²) in [4.78, 5) is 12.7. The van der Waals surface area contributed by atoms with E-state index in [9.17, 15) is 26.2 Å². The number of fused-ring (bicyclic) bond motifs is 2. The summed E-state index contributed by atoms with van der Waals surface area (Å²) in [5.74, 6) is -4.87. The van der Waals surface area contributed by atoms with Crippen LogP contribution in [0.5, 0.6) is 0 Å². The lowest BCUT2D eigenvalue weighted by Crippen LogP contribution is -2.70. The summed E-state index contributed by atoms with van der Waals surface area (Å²) in [5.41, 5.74) is -4.22. The second-order valence-electron chi connectivity index (χ2n) is 9.96. The molecule has 2 N–H and O–H groups in total. The molecule has 2 fully saturated rings. The molecule has 3 unspecified atom stereocenters. The van der Waals surface area contributed by atoms with E-state index in [0.29, 0.717) is 12.8 Å². The van der Waals surface area contributed by atoms with Crippen molar-refractivity contribution < 1.29 is 35.0 Å². The highest BCUT2D eigenvalue weighted by molar-refractivity contribution is 7.89. The molecule has 7 nitrogen and oxygen atoms in total. The van der Waals surface area contributed by atoms with Crippen LogP contribution in [-0.2, 0) is 24.9 Å². The van der Waals surface area contributed by atoms with Gasteiger partial charge in [-0.25, -0.2) is 21.9 Å². The number of carbonyl (C=O) groups excluding carboxylic acids is 1. The number of rotatable bonds is 10. The predicted octanol–water partition coefficient (Wildman–Crippen LogP) is 3.55. The van der Waals surface area contributed by atoms with E-state index in [-0.39, 0.29) is 18.1 Å². The molecule has 2 aliphatic carbocycles.